The van der Waals surface area contributed by atoms with Gasteiger partial charge in [0, 0.05) is 51.7 Å². The molecule has 0 unspecified atom stereocenters. The van der Waals surface area contributed by atoms with Crippen LogP contribution in [0.2, 0.25) is 5.02 Å². The second-order valence-corrected chi connectivity index (χ2v) is 6.96. The van der Waals surface area contributed by atoms with E-state index in [2.05, 4.69) is 15.9 Å². The summed E-state index contributed by atoms with van der Waals surface area (Å²) in [6.45, 7) is 4.47. The minimum atomic E-state index is -0.854. The summed E-state index contributed by atoms with van der Waals surface area (Å²) in [6, 6.07) is 5.89. The predicted molar refractivity (Wildman–Crippen MR) is 92.6 cm³/mol. The van der Waals surface area contributed by atoms with E-state index in [1.54, 1.807) is 0 Å². The fraction of sp³-hybridized carbons (Fsp3) is 0.588. The number of nitrogens with zero attached hydrogens (tertiary/aromatic N) is 3. The fourth-order valence-corrected chi connectivity index (χ4v) is 3.86. The molecule has 1 aromatic rings. The number of amides is 1. The monoisotopic (exact) mass is 355 g/mol. The topological polar surface area (TPSA) is 47.0 Å². The highest BCUT2D eigenvalue weighted by atomic mass is 35.5. The standard InChI is InChI=1S/C17H23ClFN3O2/c18-15-3-1-2-14(16(15)22-5-4-13(10-19)11-22)12-20-6-8-21(9-7-20)17(23)24/h1-3,13H,4-12H2,(H,23,24)/t13-/m1/s1. The number of alkyl halides is 1. The largest absolute Gasteiger partial charge is 0.465 e. The molecule has 2 aliphatic heterocycles. The molecule has 2 aliphatic rings. The molecule has 7 heteroatoms. The van der Waals surface area contributed by atoms with Crippen molar-refractivity contribution in [3.8, 4) is 0 Å². The first-order valence-electron chi connectivity index (χ1n) is 8.37. The van der Waals surface area contributed by atoms with E-state index in [9.17, 15) is 9.18 Å². The number of piperazine rings is 1. The first kappa shape index (κ1) is 17.3. The van der Waals surface area contributed by atoms with Crippen molar-refractivity contribution < 1.29 is 14.3 Å². The molecule has 0 aromatic heterocycles. The number of anilines is 1. The van der Waals surface area contributed by atoms with Crippen LogP contribution in [0.4, 0.5) is 14.9 Å². The molecule has 5 nitrogen and oxygen atoms in total. The van der Waals surface area contributed by atoms with Crippen LogP contribution in [-0.2, 0) is 6.54 Å². The minimum Gasteiger partial charge on any atom is -0.465 e. The van der Waals surface area contributed by atoms with Crippen LogP contribution in [0.3, 0.4) is 0 Å². The number of hydrogen-bond acceptors (Lipinski definition) is 3. The SMILES string of the molecule is O=C(O)N1CCN(Cc2cccc(Cl)c2N2CC[C@H](CF)C2)CC1. The van der Waals surface area contributed by atoms with Gasteiger partial charge < -0.3 is 14.9 Å². The van der Waals surface area contributed by atoms with E-state index in [0.717, 1.165) is 30.8 Å². The summed E-state index contributed by atoms with van der Waals surface area (Å²) in [7, 11) is 0. The zero-order chi connectivity index (χ0) is 17.1. The molecule has 3 rings (SSSR count). The fourth-order valence-electron chi connectivity index (χ4n) is 3.54. The van der Waals surface area contributed by atoms with Crippen molar-refractivity contribution in [2.45, 2.75) is 13.0 Å². The third-order valence-corrected chi connectivity index (χ3v) is 5.23. The van der Waals surface area contributed by atoms with Gasteiger partial charge in [-0.05, 0) is 18.1 Å². The van der Waals surface area contributed by atoms with E-state index in [1.807, 2.05) is 12.1 Å². The Morgan fingerprint density at radius 3 is 2.62 bits per heavy atom. The van der Waals surface area contributed by atoms with Crippen molar-refractivity contribution in [3.05, 3.63) is 28.8 Å². The Morgan fingerprint density at radius 1 is 1.25 bits per heavy atom. The maximum Gasteiger partial charge on any atom is 0.407 e. The van der Waals surface area contributed by atoms with Gasteiger partial charge in [-0.3, -0.25) is 9.29 Å². The molecule has 0 aliphatic carbocycles. The van der Waals surface area contributed by atoms with E-state index in [0.29, 0.717) is 37.7 Å². The van der Waals surface area contributed by atoms with E-state index in [-0.39, 0.29) is 12.6 Å². The molecule has 2 fully saturated rings. The Morgan fingerprint density at radius 2 is 2.00 bits per heavy atom. The lowest BCUT2D eigenvalue weighted by molar-refractivity contribution is 0.103. The molecule has 0 saturated carbocycles. The zero-order valence-electron chi connectivity index (χ0n) is 13.6. The Kier molecular flexibility index (Phi) is 5.46. The van der Waals surface area contributed by atoms with Crippen LogP contribution >= 0.6 is 11.6 Å². The van der Waals surface area contributed by atoms with Crippen LogP contribution < -0.4 is 4.90 Å². The van der Waals surface area contributed by atoms with Gasteiger partial charge in [-0.1, -0.05) is 23.7 Å². The van der Waals surface area contributed by atoms with Crippen molar-refractivity contribution in [3.63, 3.8) is 0 Å². The van der Waals surface area contributed by atoms with E-state index in [1.165, 1.54) is 4.90 Å². The van der Waals surface area contributed by atoms with Crippen LogP contribution in [0.25, 0.3) is 0 Å². The number of benzene rings is 1. The van der Waals surface area contributed by atoms with Crippen molar-refractivity contribution in [2.75, 3.05) is 50.8 Å². The zero-order valence-corrected chi connectivity index (χ0v) is 14.4. The summed E-state index contributed by atoms with van der Waals surface area (Å²) in [4.78, 5) is 16.9. The summed E-state index contributed by atoms with van der Waals surface area (Å²) in [5, 5.41) is 9.74. The van der Waals surface area contributed by atoms with Gasteiger partial charge in [-0.25, -0.2) is 4.79 Å². The third-order valence-electron chi connectivity index (χ3n) is 4.93. The summed E-state index contributed by atoms with van der Waals surface area (Å²) < 4.78 is 12.9. The number of rotatable bonds is 4. The molecule has 24 heavy (non-hydrogen) atoms. The maximum absolute atomic E-state index is 12.9. The van der Waals surface area contributed by atoms with E-state index in [4.69, 9.17) is 16.7 Å². The maximum atomic E-state index is 12.9. The lowest BCUT2D eigenvalue weighted by Gasteiger charge is -2.34. The lowest BCUT2D eigenvalue weighted by atomic mass is 10.1. The van der Waals surface area contributed by atoms with Crippen molar-refractivity contribution in [1.29, 1.82) is 0 Å². The highest BCUT2D eigenvalue weighted by Crippen LogP contribution is 2.34. The quantitative estimate of drug-likeness (QED) is 0.902. The summed E-state index contributed by atoms with van der Waals surface area (Å²) in [6.07, 6.45) is 0.00534. The average Bonchev–Trinajstić information content (AvgIpc) is 3.04. The molecular weight excluding hydrogens is 333 g/mol. The van der Waals surface area contributed by atoms with Gasteiger partial charge in [-0.15, -0.1) is 0 Å². The Labute approximate surface area is 146 Å². The number of hydrogen-bond donors (Lipinski definition) is 1. The van der Waals surface area contributed by atoms with Gasteiger partial charge in [0.05, 0.1) is 17.4 Å². The molecular formula is C17H23ClFN3O2. The number of carbonyl (C=O) groups is 1. The van der Waals surface area contributed by atoms with Gasteiger partial charge in [0.1, 0.15) is 0 Å². The minimum absolute atomic E-state index is 0.0910. The summed E-state index contributed by atoms with van der Waals surface area (Å²) in [5.74, 6) is 0.0910. The molecule has 1 amide bonds. The van der Waals surface area contributed by atoms with Crippen molar-refractivity contribution >= 4 is 23.4 Å². The second-order valence-electron chi connectivity index (χ2n) is 6.55. The Balaban J connectivity index is 1.70. The summed E-state index contributed by atoms with van der Waals surface area (Å²) in [5.41, 5.74) is 2.14. The van der Waals surface area contributed by atoms with Gasteiger partial charge >= 0.3 is 6.09 Å². The predicted octanol–water partition coefficient (Wildman–Crippen LogP) is 2.93. The molecule has 1 N–H and O–H groups in total. The van der Waals surface area contributed by atoms with Crippen LogP contribution in [0, 0.1) is 5.92 Å². The third kappa shape index (κ3) is 3.75. The molecule has 0 bridgehead atoms. The molecule has 2 saturated heterocycles. The number of para-hydroxylation sites is 1. The highest BCUT2D eigenvalue weighted by molar-refractivity contribution is 6.33. The first-order valence-corrected chi connectivity index (χ1v) is 8.75. The summed E-state index contributed by atoms with van der Waals surface area (Å²) >= 11 is 6.44. The normalized spacial score (nSPS) is 22.2. The van der Waals surface area contributed by atoms with Crippen LogP contribution in [0.15, 0.2) is 18.2 Å². The lowest BCUT2D eigenvalue weighted by Crippen LogP contribution is -2.47. The smallest absolute Gasteiger partial charge is 0.407 e. The average molecular weight is 356 g/mol. The molecule has 1 atom stereocenters. The molecule has 0 radical (unpaired) electrons. The van der Waals surface area contributed by atoms with Crippen LogP contribution in [-0.4, -0.2) is 66.9 Å². The number of halogens is 2. The second kappa shape index (κ2) is 7.57. The van der Waals surface area contributed by atoms with Gasteiger partial charge in [0.25, 0.3) is 0 Å². The molecule has 2 heterocycles. The highest BCUT2D eigenvalue weighted by Gasteiger charge is 2.27. The first-order chi connectivity index (χ1) is 11.6. The van der Waals surface area contributed by atoms with Crippen LogP contribution in [0.5, 0.6) is 0 Å². The van der Waals surface area contributed by atoms with Gasteiger partial charge in [0.15, 0.2) is 0 Å². The van der Waals surface area contributed by atoms with E-state index < -0.39 is 6.09 Å². The molecule has 0 spiro atoms. The van der Waals surface area contributed by atoms with Crippen molar-refractivity contribution in [1.82, 2.24) is 9.80 Å². The number of carboxylic acid groups (broad SMARTS) is 1. The Bertz CT molecular complexity index is 593. The van der Waals surface area contributed by atoms with Crippen molar-refractivity contribution in [2.24, 2.45) is 5.92 Å². The van der Waals surface area contributed by atoms with Crippen LogP contribution in [0.1, 0.15) is 12.0 Å². The molecule has 1 aromatic carbocycles. The molecule has 132 valence electrons. The Hall–Kier alpha value is -1.53. The van der Waals surface area contributed by atoms with E-state index >= 15 is 0 Å². The van der Waals surface area contributed by atoms with Gasteiger partial charge in [-0.2, -0.15) is 0 Å². The van der Waals surface area contributed by atoms with Gasteiger partial charge in [0.2, 0.25) is 0 Å².